The van der Waals surface area contributed by atoms with Crippen LogP contribution in [0.25, 0.3) is 0 Å². The Hall–Kier alpha value is -1.42. The number of fused-ring (bicyclic) bond motifs is 1. The Morgan fingerprint density at radius 3 is 2.75 bits per heavy atom. The molecule has 1 atom stereocenters. The molecule has 1 aliphatic heterocycles. The van der Waals surface area contributed by atoms with Crippen molar-refractivity contribution in [2.24, 2.45) is 0 Å². The third kappa shape index (κ3) is 1.80. The molecule has 0 bridgehead atoms. The van der Waals surface area contributed by atoms with Crippen LogP contribution in [0.3, 0.4) is 0 Å². The molecular weight excluding hydrogens is 208 g/mol. The molecular formula is C12H16O4. The average Bonchev–Trinajstić information content (AvgIpc) is 2.59. The van der Waals surface area contributed by atoms with Gasteiger partial charge in [0.2, 0.25) is 5.75 Å². The van der Waals surface area contributed by atoms with Crippen LogP contribution in [0, 0.1) is 0 Å². The number of benzene rings is 1. The lowest BCUT2D eigenvalue weighted by Crippen LogP contribution is -2.41. The normalized spacial score (nSPS) is 22.4. The second-order valence-corrected chi connectivity index (χ2v) is 3.67. The zero-order valence-electron chi connectivity index (χ0n) is 9.53. The number of rotatable bonds is 4. The summed E-state index contributed by atoms with van der Waals surface area (Å²) >= 11 is 0. The smallest absolute Gasteiger partial charge is 0.372 e. The number of phenolic OH excluding ortho intramolecular Hbond substituents is 1. The topological polar surface area (TPSA) is 47.9 Å². The Kier molecular flexibility index (Phi) is 2.92. The molecule has 1 heterocycles. The zero-order chi connectivity index (χ0) is 11.6. The minimum atomic E-state index is -1.06. The third-order valence-corrected chi connectivity index (χ3v) is 2.40. The Labute approximate surface area is 94.8 Å². The lowest BCUT2D eigenvalue weighted by Gasteiger charge is -2.26. The van der Waals surface area contributed by atoms with Crippen molar-refractivity contribution in [3.8, 4) is 17.2 Å². The van der Waals surface area contributed by atoms with Crippen molar-refractivity contribution in [1.82, 2.24) is 0 Å². The number of aromatic hydroxyl groups is 1. The molecule has 1 aromatic carbocycles. The lowest BCUT2D eigenvalue weighted by molar-refractivity contribution is -0.283. The molecule has 0 aromatic heterocycles. The van der Waals surface area contributed by atoms with Crippen molar-refractivity contribution < 1.29 is 19.3 Å². The van der Waals surface area contributed by atoms with Crippen LogP contribution >= 0.6 is 0 Å². The van der Waals surface area contributed by atoms with Crippen LogP contribution in [0.15, 0.2) is 18.2 Å². The molecule has 1 aromatic rings. The molecule has 4 heteroatoms. The monoisotopic (exact) mass is 224 g/mol. The summed E-state index contributed by atoms with van der Waals surface area (Å²) in [5.74, 6) is -0.0912. The first-order chi connectivity index (χ1) is 7.71. The fourth-order valence-electron chi connectivity index (χ4n) is 1.79. The van der Waals surface area contributed by atoms with Gasteiger partial charge >= 0.3 is 5.97 Å². The second kappa shape index (κ2) is 4.22. The molecule has 2 rings (SSSR count). The van der Waals surface area contributed by atoms with Crippen molar-refractivity contribution in [2.75, 3.05) is 6.61 Å². The van der Waals surface area contributed by atoms with E-state index in [4.69, 9.17) is 14.2 Å². The van der Waals surface area contributed by atoms with Crippen molar-refractivity contribution >= 4 is 0 Å². The summed E-state index contributed by atoms with van der Waals surface area (Å²) in [6.45, 7) is 4.40. The van der Waals surface area contributed by atoms with E-state index < -0.39 is 5.97 Å². The maximum Gasteiger partial charge on any atom is 0.372 e. The second-order valence-electron chi connectivity index (χ2n) is 3.67. The first kappa shape index (κ1) is 11.1. The van der Waals surface area contributed by atoms with Crippen molar-refractivity contribution in [3.05, 3.63) is 18.2 Å². The van der Waals surface area contributed by atoms with Crippen LogP contribution in [-0.2, 0) is 4.74 Å². The van der Waals surface area contributed by atoms with Gasteiger partial charge in [-0.05, 0) is 25.5 Å². The number of para-hydroxylation sites is 1. The first-order valence-corrected chi connectivity index (χ1v) is 5.54. The largest absolute Gasteiger partial charge is 0.504 e. The molecule has 0 radical (unpaired) electrons. The highest BCUT2D eigenvalue weighted by molar-refractivity contribution is 5.52. The van der Waals surface area contributed by atoms with Crippen molar-refractivity contribution in [3.63, 3.8) is 0 Å². The highest BCUT2D eigenvalue weighted by Gasteiger charge is 2.43. The van der Waals surface area contributed by atoms with E-state index in [9.17, 15) is 5.11 Å². The molecule has 1 N–H and O–H groups in total. The van der Waals surface area contributed by atoms with E-state index >= 15 is 0 Å². The van der Waals surface area contributed by atoms with Gasteiger partial charge in [-0.2, -0.15) is 0 Å². The number of hydrogen-bond donors (Lipinski definition) is 1. The molecule has 0 aliphatic carbocycles. The minimum Gasteiger partial charge on any atom is -0.504 e. The van der Waals surface area contributed by atoms with Gasteiger partial charge in [0, 0.05) is 0 Å². The Balaban J connectivity index is 2.27. The molecule has 88 valence electrons. The lowest BCUT2D eigenvalue weighted by atomic mass is 10.3. The van der Waals surface area contributed by atoms with E-state index in [2.05, 4.69) is 0 Å². The van der Waals surface area contributed by atoms with E-state index in [0.29, 0.717) is 24.5 Å². The highest BCUT2D eigenvalue weighted by atomic mass is 16.9. The first-order valence-electron chi connectivity index (χ1n) is 5.54. The van der Waals surface area contributed by atoms with Gasteiger partial charge in [-0.3, -0.25) is 0 Å². The summed E-state index contributed by atoms with van der Waals surface area (Å²) in [6, 6.07) is 5.03. The van der Waals surface area contributed by atoms with Crippen LogP contribution in [0.5, 0.6) is 17.2 Å². The van der Waals surface area contributed by atoms with Crippen molar-refractivity contribution in [1.29, 1.82) is 0 Å². The quantitative estimate of drug-likeness (QED) is 0.854. The maximum absolute atomic E-state index is 9.64. The van der Waals surface area contributed by atoms with Gasteiger partial charge in [0.1, 0.15) is 0 Å². The van der Waals surface area contributed by atoms with Gasteiger partial charge in [0.15, 0.2) is 11.5 Å². The molecule has 0 spiro atoms. The van der Waals surface area contributed by atoms with Gasteiger partial charge in [0.05, 0.1) is 13.0 Å². The number of hydrogen-bond acceptors (Lipinski definition) is 4. The molecule has 4 nitrogen and oxygen atoms in total. The zero-order valence-corrected chi connectivity index (χ0v) is 9.53. The fraction of sp³-hybridized carbons (Fsp3) is 0.500. The van der Waals surface area contributed by atoms with E-state index in [1.807, 2.05) is 13.8 Å². The maximum atomic E-state index is 9.64. The molecule has 0 amide bonds. The van der Waals surface area contributed by atoms with E-state index in [-0.39, 0.29) is 5.75 Å². The van der Waals surface area contributed by atoms with Gasteiger partial charge in [-0.1, -0.05) is 13.0 Å². The van der Waals surface area contributed by atoms with Gasteiger partial charge in [-0.15, -0.1) is 0 Å². The van der Waals surface area contributed by atoms with Crippen LogP contribution in [0.1, 0.15) is 26.7 Å². The Morgan fingerprint density at radius 1 is 1.31 bits per heavy atom. The summed E-state index contributed by atoms with van der Waals surface area (Å²) in [4.78, 5) is 0. The molecule has 0 saturated heterocycles. The summed E-state index contributed by atoms with van der Waals surface area (Å²) in [5, 5.41) is 9.64. The van der Waals surface area contributed by atoms with Gasteiger partial charge in [-0.25, -0.2) is 0 Å². The standard InChI is InChI=1S/C12H16O4/c1-3-8-12(14-4-2)15-10-7-5-6-9(13)11(10)16-12/h5-7,13H,3-4,8H2,1-2H3. The van der Waals surface area contributed by atoms with Gasteiger partial charge in [0.25, 0.3) is 0 Å². The van der Waals surface area contributed by atoms with E-state index in [1.165, 1.54) is 0 Å². The fourth-order valence-corrected chi connectivity index (χ4v) is 1.79. The number of ether oxygens (including phenoxy) is 3. The van der Waals surface area contributed by atoms with Crippen molar-refractivity contribution in [2.45, 2.75) is 32.7 Å². The summed E-state index contributed by atoms with van der Waals surface area (Å²) in [7, 11) is 0. The molecule has 16 heavy (non-hydrogen) atoms. The Morgan fingerprint density at radius 2 is 2.12 bits per heavy atom. The molecule has 0 saturated carbocycles. The third-order valence-electron chi connectivity index (χ3n) is 2.40. The molecule has 0 fully saturated rings. The predicted octanol–water partition coefficient (Wildman–Crippen LogP) is 2.65. The predicted molar refractivity (Wildman–Crippen MR) is 58.6 cm³/mol. The number of phenols is 1. The molecule has 1 aliphatic rings. The summed E-state index contributed by atoms with van der Waals surface area (Å²) < 4.78 is 16.8. The molecule has 1 unspecified atom stereocenters. The van der Waals surface area contributed by atoms with Crippen LogP contribution in [0.2, 0.25) is 0 Å². The van der Waals surface area contributed by atoms with Crippen LogP contribution < -0.4 is 9.47 Å². The highest BCUT2D eigenvalue weighted by Crippen LogP contribution is 2.46. The van der Waals surface area contributed by atoms with E-state index in [1.54, 1.807) is 18.2 Å². The summed E-state index contributed by atoms with van der Waals surface area (Å²) in [5.41, 5.74) is 0. The van der Waals surface area contributed by atoms with Crippen LogP contribution in [-0.4, -0.2) is 17.7 Å². The SMILES string of the molecule is CCCC1(OCC)Oc2cccc(O)c2O1. The average molecular weight is 224 g/mol. The summed E-state index contributed by atoms with van der Waals surface area (Å²) in [6.07, 6.45) is 1.49. The van der Waals surface area contributed by atoms with Gasteiger partial charge < -0.3 is 19.3 Å². The minimum absolute atomic E-state index is 0.0789. The van der Waals surface area contributed by atoms with Crippen LogP contribution in [0.4, 0.5) is 0 Å². The van der Waals surface area contributed by atoms with E-state index in [0.717, 1.165) is 6.42 Å². The Bertz CT molecular complexity index is 369.